The summed E-state index contributed by atoms with van der Waals surface area (Å²) in [4.78, 5) is 12.6. The Bertz CT molecular complexity index is 388. The molecule has 1 aliphatic heterocycles. The Labute approximate surface area is 135 Å². The van der Waals surface area contributed by atoms with E-state index < -0.39 is 0 Å². The molecule has 0 aromatic carbocycles. The van der Waals surface area contributed by atoms with Gasteiger partial charge in [-0.3, -0.25) is 4.79 Å². The molecule has 124 valence electrons. The molecule has 0 aromatic rings. The van der Waals surface area contributed by atoms with Crippen molar-refractivity contribution in [3.63, 3.8) is 0 Å². The van der Waals surface area contributed by atoms with Crippen LogP contribution in [-0.4, -0.2) is 25.0 Å². The van der Waals surface area contributed by atoms with E-state index in [2.05, 4.69) is 17.6 Å². The zero-order valence-corrected chi connectivity index (χ0v) is 14.0. The Hall–Kier alpha value is -0.570. The van der Waals surface area contributed by atoms with E-state index >= 15 is 0 Å². The zero-order valence-electron chi connectivity index (χ0n) is 14.0. The van der Waals surface area contributed by atoms with Gasteiger partial charge in [-0.2, -0.15) is 0 Å². The summed E-state index contributed by atoms with van der Waals surface area (Å²) in [5.74, 6) is 5.11. The maximum Gasteiger partial charge on any atom is 0.220 e. The van der Waals surface area contributed by atoms with Gasteiger partial charge in [-0.25, -0.2) is 0 Å². The highest BCUT2D eigenvalue weighted by molar-refractivity contribution is 5.76. The van der Waals surface area contributed by atoms with Gasteiger partial charge in [0.2, 0.25) is 5.91 Å². The molecule has 0 radical (unpaired) electrons. The van der Waals surface area contributed by atoms with Crippen molar-refractivity contribution in [3.8, 4) is 0 Å². The van der Waals surface area contributed by atoms with E-state index in [-0.39, 0.29) is 0 Å². The summed E-state index contributed by atoms with van der Waals surface area (Å²) in [5, 5.41) is 6.95. The quantitative estimate of drug-likeness (QED) is 0.838. The molecule has 22 heavy (non-hydrogen) atoms. The number of carbonyl (C=O) groups is 1. The Morgan fingerprint density at radius 2 is 1.82 bits per heavy atom. The fraction of sp³-hybridized carbons (Fsp3) is 0.947. The first-order valence-electron chi connectivity index (χ1n) is 9.69. The fourth-order valence-corrected chi connectivity index (χ4v) is 6.23. The van der Waals surface area contributed by atoms with Crippen LogP contribution in [0.5, 0.6) is 0 Å². The summed E-state index contributed by atoms with van der Waals surface area (Å²) in [6, 6.07) is 0.511. The van der Waals surface area contributed by atoms with Crippen LogP contribution in [0.25, 0.3) is 0 Å². The van der Waals surface area contributed by atoms with Gasteiger partial charge in [0.25, 0.3) is 0 Å². The van der Waals surface area contributed by atoms with Gasteiger partial charge in [-0.15, -0.1) is 0 Å². The lowest BCUT2D eigenvalue weighted by Crippen LogP contribution is -2.56. The van der Waals surface area contributed by atoms with Crippen molar-refractivity contribution in [1.82, 2.24) is 10.6 Å². The summed E-state index contributed by atoms with van der Waals surface area (Å²) in [6.45, 7) is 4.53. The molecule has 1 amide bonds. The van der Waals surface area contributed by atoms with E-state index in [0.29, 0.717) is 23.8 Å². The molecule has 4 aliphatic carbocycles. The molecule has 1 heterocycles. The Balaban J connectivity index is 1.30. The van der Waals surface area contributed by atoms with Crippen molar-refractivity contribution in [2.24, 2.45) is 35.5 Å². The van der Waals surface area contributed by atoms with E-state index in [4.69, 9.17) is 0 Å². The van der Waals surface area contributed by atoms with E-state index in [1.54, 1.807) is 0 Å². The number of hydrogen-bond donors (Lipinski definition) is 2. The summed E-state index contributed by atoms with van der Waals surface area (Å²) in [6.07, 6.45) is 10.3. The second-order valence-electron chi connectivity index (χ2n) is 8.81. The normalized spacial score (nSPS) is 44.8. The van der Waals surface area contributed by atoms with Gasteiger partial charge in [-0.1, -0.05) is 6.92 Å². The third-order valence-electron chi connectivity index (χ3n) is 7.20. The highest BCUT2D eigenvalue weighted by Crippen LogP contribution is 2.53. The average Bonchev–Trinajstić information content (AvgIpc) is 2.51. The Morgan fingerprint density at radius 3 is 2.41 bits per heavy atom. The fourth-order valence-electron chi connectivity index (χ4n) is 6.23. The molecule has 3 nitrogen and oxygen atoms in total. The van der Waals surface area contributed by atoms with Crippen LogP contribution in [0.4, 0.5) is 0 Å². The van der Waals surface area contributed by atoms with E-state index in [1.807, 2.05) is 0 Å². The standard InChI is InChI=1S/C19H32N2O/c1-12(15-3-2-4-20-11-15)5-18(22)21-19-16-7-13-6-14(9-16)10-17(19)8-13/h12-17,19-20H,2-11H2,1H3,(H,21,22). The molecule has 1 saturated heterocycles. The largest absolute Gasteiger partial charge is 0.353 e. The van der Waals surface area contributed by atoms with Crippen molar-refractivity contribution < 1.29 is 4.79 Å². The van der Waals surface area contributed by atoms with Crippen LogP contribution in [0, 0.1) is 35.5 Å². The molecule has 3 heteroatoms. The van der Waals surface area contributed by atoms with Crippen molar-refractivity contribution in [2.45, 2.75) is 64.3 Å². The highest BCUT2D eigenvalue weighted by Gasteiger charge is 2.48. The van der Waals surface area contributed by atoms with Crippen molar-refractivity contribution in [1.29, 1.82) is 0 Å². The minimum Gasteiger partial charge on any atom is -0.353 e. The van der Waals surface area contributed by atoms with Crippen LogP contribution in [0.1, 0.15) is 58.3 Å². The lowest BCUT2D eigenvalue weighted by atomic mass is 9.54. The second-order valence-corrected chi connectivity index (χ2v) is 8.81. The number of piperidine rings is 1. The van der Waals surface area contributed by atoms with E-state index in [9.17, 15) is 4.79 Å². The van der Waals surface area contributed by atoms with E-state index in [0.717, 1.165) is 43.2 Å². The highest BCUT2D eigenvalue weighted by atomic mass is 16.1. The van der Waals surface area contributed by atoms with Crippen LogP contribution in [0.15, 0.2) is 0 Å². The predicted molar refractivity (Wildman–Crippen MR) is 88.4 cm³/mol. The number of hydrogen-bond acceptors (Lipinski definition) is 2. The first-order valence-corrected chi connectivity index (χ1v) is 9.69. The van der Waals surface area contributed by atoms with Crippen molar-refractivity contribution in [3.05, 3.63) is 0 Å². The molecule has 5 fully saturated rings. The first-order chi connectivity index (χ1) is 10.7. The van der Waals surface area contributed by atoms with Gasteiger partial charge in [0, 0.05) is 12.5 Å². The molecule has 0 aromatic heterocycles. The Morgan fingerprint density at radius 1 is 1.14 bits per heavy atom. The van der Waals surface area contributed by atoms with Crippen LogP contribution >= 0.6 is 0 Å². The van der Waals surface area contributed by atoms with Gasteiger partial charge in [-0.05, 0) is 93.5 Å². The molecular formula is C19H32N2O. The minimum absolute atomic E-state index is 0.329. The molecule has 5 rings (SSSR count). The maximum absolute atomic E-state index is 12.6. The topological polar surface area (TPSA) is 41.1 Å². The van der Waals surface area contributed by atoms with Gasteiger partial charge >= 0.3 is 0 Å². The van der Waals surface area contributed by atoms with Crippen LogP contribution < -0.4 is 10.6 Å². The predicted octanol–water partition coefficient (Wildman–Crippen LogP) is 2.95. The van der Waals surface area contributed by atoms with Crippen molar-refractivity contribution in [2.75, 3.05) is 13.1 Å². The molecule has 2 unspecified atom stereocenters. The lowest BCUT2D eigenvalue weighted by Gasteiger charge is -2.54. The van der Waals surface area contributed by atoms with Gasteiger partial charge in [0.1, 0.15) is 0 Å². The SMILES string of the molecule is CC(CC(=O)NC1C2CC3CC(C2)CC1C3)C1CCCNC1. The average molecular weight is 304 g/mol. The zero-order chi connectivity index (χ0) is 15.1. The summed E-state index contributed by atoms with van der Waals surface area (Å²) in [5.41, 5.74) is 0. The smallest absolute Gasteiger partial charge is 0.220 e. The summed E-state index contributed by atoms with van der Waals surface area (Å²) >= 11 is 0. The molecule has 2 atom stereocenters. The Kier molecular flexibility index (Phi) is 4.19. The summed E-state index contributed by atoms with van der Waals surface area (Å²) < 4.78 is 0. The molecule has 2 N–H and O–H groups in total. The molecule has 5 aliphatic rings. The van der Waals surface area contributed by atoms with Gasteiger partial charge in [0.05, 0.1) is 0 Å². The van der Waals surface area contributed by atoms with Gasteiger partial charge in [0.15, 0.2) is 0 Å². The summed E-state index contributed by atoms with van der Waals surface area (Å²) in [7, 11) is 0. The van der Waals surface area contributed by atoms with Gasteiger partial charge < -0.3 is 10.6 Å². The van der Waals surface area contributed by atoms with Crippen LogP contribution in [-0.2, 0) is 4.79 Å². The monoisotopic (exact) mass is 304 g/mol. The number of rotatable bonds is 4. The maximum atomic E-state index is 12.6. The van der Waals surface area contributed by atoms with Crippen LogP contribution in [0.2, 0.25) is 0 Å². The number of nitrogens with one attached hydrogen (secondary N) is 2. The molecule has 0 spiro atoms. The molecular weight excluding hydrogens is 272 g/mol. The number of amides is 1. The minimum atomic E-state index is 0.329. The first kappa shape index (κ1) is 15.0. The third-order valence-corrected chi connectivity index (χ3v) is 7.20. The third kappa shape index (κ3) is 2.93. The second kappa shape index (κ2) is 6.14. The van der Waals surface area contributed by atoms with Crippen molar-refractivity contribution >= 4 is 5.91 Å². The van der Waals surface area contributed by atoms with Crippen LogP contribution in [0.3, 0.4) is 0 Å². The lowest BCUT2D eigenvalue weighted by molar-refractivity contribution is -0.126. The molecule has 4 bridgehead atoms. The number of carbonyl (C=O) groups excluding carboxylic acids is 1. The molecule has 4 saturated carbocycles. The van der Waals surface area contributed by atoms with E-state index in [1.165, 1.54) is 44.9 Å².